The number of hydrogen-bond acceptors (Lipinski definition) is 3. The number of rotatable bonds is 1. The number of aromatic nitrogens is 2. The monoisotopic (exact) mass is 239 g/mol. The lowest BCUT2D eigenvalue weighted by atomic mass is 10.0. The van der Waals surface area contributed by atoms with Gasteiger partial charge in [-0.25, -0.2) is 9.97 Å². The lowest BCUT2D eigenvalue weighted by Crippen LogP contribution is -2.26. The van der Waals surface area contributed by atoms with E-state index in [2.05, 4.69) is 39.1 Å². The second-order valence-electron chi connectivity index (χ2n) is 4.83. The van der Waals surface area contributed by atoms with Crippen LogP contribution in [0.25, 0.3) is 0 Å². The molecule has 3 nitrogen and oxygen atoms in total. The minimum Gasteiger partial charge on any atom is -0.310 e. The SMILES string of the molecule is Cc1cc(C)nc(N2CCCc3ccccc32)n1. The molecular weight excluding hydrogens is 222 g/mol. The van der Waals surface area contributed by atoms with Gasteiger partial charge in [0.05, 0.1) is 0 Å². The molecular formula is C15H17N3. The Morgan fingerprint density at radius 3 is 2.56 bits per heavy atom. The first kappa shape index (κ1) is 11.2. The average molecular weight is 239 g/mol. The maximum Gasteiger partial charge on any atom is 0.230 e. The molecule has 1 aliphatic heterocycles. The zero-order valence-electron chi connectivity index (χ0n) is 10.8. The fraction of sp³-hybridized carbons (Fsp3) is 0.333. The number of para-hydroxylation sites is 1. The fourth-order valence-corrected chi connectivity index (χ4v) is 2.57. The normalized spacial score (nSPS) is 14.4. The molecule has 0 aliphatic carbocycles. The number of nitrogens with zero attached hydrogens (tertiary/aromatic N) is 3. The van der Waals surface area contributed by atoms with Crippen LogP contribution in [0.1, 0.15) is 23.4 Å². The van der Waals surface area contributed by atoms with Crippen LogP contribution in [-0.4, -0.2) is 16.5 Å². The van der Waals surface area contributed by atoms with Crippen LogP contribution in [0.4, 0.5) is 11.6 Å². The smallest absolute Gasteiger partial charge is 0.230 e. The zero-order valence-corrected chi connectivity index (χ0v) is 10.8. The van der Waals surface area contributed by atoms with Gasteiger partial charge in [-0.15, -0.1) is 0 Å². The Labute approximate surface area is 108 Å². The van der Waals surface area contributed by atoms with Crippen molar-refractivity contribution in [3.63, 3.8) is 0 Å². The van der Waals surface area contributed by atoms with Crippen molar-refractivity contribution in [3.05, 3.63) is 47.3 Å². The Hall–Kier alpha value is -1.90. The molecule has 0 spiro atoms. The van der Waals surface area contributed by atoms with Crippen LogP contribution < -0.4 is 4.90 Å². The van der Waals surface area contributed by atoms with E-state index < -0.39 is 0 Å². The third-order valence-corrected chi connectivity index (χ3v) is 3.32. The van der Waals surface area contributed by atoms with Crippen molar-refractivity contribution >= 4 is 11.6 Å². The maximum atomic E-state index is 4.57. The third-order valence-electron chi connectivity index (χ3n) is 3.32. The topological polar surface area (TPSA) is 29.0 Å². The van der Waals surface area contributed by atoms with Gasteiger partial charge in [0.15, 0.2) is 0 Å². The van der Waals surface area contributed by atoms with Crippen molar-refractivity contribution < 1.29 is 0 Å². The van der Waals surface area contributed by atoms with Crippen LogP contribution in [0.15, 0.2) is 30.3 Å². The summed E-state index contributed by atoms with van der Waals surface area (Å²) in [5, 5.41) is 0. The zero-order chi connectivity index (χ0) is 12.5. The largest absolute Gasteiger partial charge is 0.310 e. The molecule has 0 saturated heterocycles. The first-order valence-corrected chi connectivity index (χ1v) is 6.42. The van der Waals surface area contributed by atoms with E-state index in [-0.39, 0.29) is 0 Å². The molecule has 2 heterocycles. The molecule has 92 valence electrons. The predicted octanol–water partition coefficient (Wildman–Crippen LogP) is 3.18. The van der Waals surface area contributed by atoms with E-state index in [4.69, 9.17) is 0 Å². The molecule has 0 saturated carbocycles. The van der Waals surface area contributed by atoms with Crippen LogP contribution in [0.5, 0.6) is 0 Å². The van der Waals surface area contributed by atoms with Gasteiger partial charge in [0.2, 0.25) is 5.95 Å². The number of anilines is 2. The number of fused-ring (bicyclic) bond motifs is 1. The highest BCUT2D eigenvalue weighted by atomic mass is 15.3. The van der Waals surface area contributed by atoms with Crippen LogP contribution in [0.3, 0.4) is 0 Å². The Morgan fingerprint density at radius 1 is 1.06 bits per heavy atom. The minimum absolute atomic E-state index is 0.833. The van der Waals surface area contributed by atoms with Gasteiger partial charge < -0.3 is 4.90 Å². The van der Waals surface area contributed by atoms with E-state index in [1.165, 1.54) is 11.3 Å². The molecule has 1 aromatic carbocycles. The van der Waals surface area contributed by atoms with E-state index in [1.54, 1.807) is 0 Å². The standard InChI is InChI=1S/C15H17N3/c1-11-10-12(2)17-15(16-11)18-9-5-7-13-6-3-4-8-14(13)18/h3-4,6,8,10H,5,7,9H2,1-2H3. The first-order chi connectivity index (χ1) is 8.74. The molecule has 1 aliphatic rings. The highest BCUT2D eigenvalue weighted by Gasteiger charge is 2.19. The van der Waals surface area contributed by atoms with Crippen molar-refractivity contribution in [2.75, 3.05) is 11.4 Å². The summed E-state index contributed by atoms with van der Waals surface area (Å²) in [5.41, 5.74) is 4.71. The van der Waals surface area contributed by atoms with Crippen LogP contribution in [0, 0.1) is 13.8 Å². The molecule has 0 bridgehead atoms. The summed E-state index contributed by atoms with van der Waals surface area (Å²) in [6, 6.07) is 10.6. The van der Waals surface area contributed by atoms with Gasteiger partial charge in [0.1, 0.15) is 0 Å². The molecule has 0 unspecified atom stereocenters. The maximum absolute atomic E-state index is 4.57. The van der Waals surface area contributed by atoms with Gasteiger partial charge in [0.25, 0.3) is 0 Å². The number of benzene rings is 1. The van der Waals surface area contributed by atoms with Gasteiger partial charge >= 0.3 is 0 Å². The summed E-state index contributed by atoms with van der Waals surface area (Å²) < 4.78 is 0. The summed E-state index contributed by atoms with van der Waals surface area (Å²) in [4.78, 5) is 11.4. The Morgan fingerprint density at radius 2 is 1.78 bits per heavy atom. The number of aryl methyl sites for hydroxylation is 3. The van der Waals surface area contributed by atoms with Crippen LogP contribution >= 0.6 is 0 Å². The summed E-state index contributed by atoms with van der Waals surface area (Å²) >= 11 is 0. The van der Waals surface area contributed by atoms with Crippen molar-refractivity contribution in [1.29, 1.82) is 0 Å². The third kappa shape index (κ3) is 1.96. The van der Waals surface area contributed by atoms with E-state index in [9.17, 15) is 0 Å². The van der Waals surface area contributed by atoms with Crippen molar-refractivity contribution in [2.24, 2.45) is 0 Å². The highest BCUT2D eigenvalue weighted by Crippen LogP contribution is 2.31. The van der Waals surface area contributed by atoms with E-state index in [1.807, 2.05) is 19.9 Å². The first-order valence-electron chi connectivity index (χ1n) is 6.42. The molecule has 1 aromatic heterocycles. The molecule has 3 heteroatoms. The van der Waals surface area contributed by atoms with Gasteiger partial charge in [-0.1, -0.05) is 18.2 Å². The minimum atomic E-state index is 0.833. The second-order valence-corrected chi connectivity index (χ2v) is 4.83. The van der Waals surface area contributed by atoms with Crippen molar-refractivity contribution in [1.82, 2.24) is 9.97 Å². The Kier molecular flexibility index (Phi) is 2.74. The summed E-state index contributed by atoms with van der Waals surface area (Å²) in [5.74, 6) is 0.833. The molecule has 2 aromatic rings. The predicted molar refractivity (Wildman–Crippen MR) is 73.3 cm³/mol. The number of hydrogen-bond donors (Lipinski definition) is 0. The summed E-state index contributed by atoms with van der Waals surface area (Å²) in [7, 11) is 0. The van der Waals surface area contributed by atoms with Gasteiger partial charge in [-0.05, 0) is 44.4 Å². The second kappa shape index (κ2) is 4.41. The summed E-state index contributed by atoms with van der Waals surface area (Å²) in [6.07, 6.45) is 2.31. The Balaban J connectivity index is 2.08. The molecule has 3 rings (SSSR count). The quantitative estimate of drug-likeness (QED) is 0.765. The summed E-state index contributed by atoms with van der Waals surface area (Å²) in [6.45, 7) is 5.04. The molecule has 0 fully saturated rings. The molecule has 0 radical (unpaired) electrons. The van der Waals surface area contributed by atoms with E-state index in [0.29, 0.717) is 0 Å². The molecule has 0 N–H and O–H groups in total. The van der Waals surface area contributed by atoms with Crippen molar-refractivity contribution in [3.8, 4) is 0 Å². The lowest BCUT2D eigenvalue weighted by molar-refractivity contribution is 0.747. The average Bonchev–Trinajstić information content (AvgIpc) is 2.37. The van der Waals surface area contributed by atoms with Gasteiger partial charge in [-0.2, -0.15) is 0 Å². The van der Waals surface area contributed by atoms with Gasteiger partial charge in [-0.3, -0.25) is 0 Å². The van der Waals surface area contributed by atoms with E-state index in [0.717, 1.165) is 36.7 Å². The molecule has 18 heavy (non-hydrogen) atoms. The van der Waals surface area contributed by atoms with Crippen molar-refractivity contribution in [2.45, 2.75) is 26.7 Å². The molecule has 0 amide bonds. The van der Waals surface area contributed by atoms with Crippen LogP contribution in [-0.2, 0) is 6.42 Å². The Bertz CT molecular complexity index is 557. The fourth-order valence-electron chi connectivity index (χ4n) is 2.57. The lowest BCUT2D eigenvalue weighted by Gasteiger charge is -2.29. The van der Waals surface area contributed by atoms with Crippen LogP contribution in [0.2, 0.25) is 0 Å². The van der Waals surface area contributed by atoms with Gasteiger partial charge in [0, 0.05) is 23.6 Å². The van der Waals surface area contributed by atoms with E-state index >= 15 is 0 Å². The molecule has 0 atom stereocenters. The highest BCUT2D eigenvalue weighted by molar-refractivity contribution is 5.63.